The lowest BCUT2D eigenvalue weighted by Gasteiger charge is -2.46. The van der Waals surface area contributed by atoms with Gasteiger partial charge in [-0.15, -0.1) is 0 Å². The van der Waals surface area contributed by atoms with Gasteiger partial charge in [0.2, 0.25) is 0 Å². The van der Waals surface area contributed by atoms with Crippen LogP contribution in [0.15, 0.2) is 18.2 Å². The average molecular weight is 279 g/mol. The lowest BCUT2D eigenvalue weighted by molar-refractivity contribution is 0.138. The number of anilines is 1. The normalized spacial score (nSPS) is 21.0. The zero-order valence-electron chi connectivity index (χ0n) is 13.0. The van der Waals surface area contributed by atoms with Crippen LogP contribution in [-0.2, 0) is 6.42 Å². The summed E-state index contributed by atoms with van der Waals surface area (Å²) in [6.45, 7) is 8.99. The molecule has 1 aromatic rings. The van der Waals surface area contributed by atoms with E-state index in [0.717, 1.165) is 30.9 Å². The van der Waals surface area contributed by atoms with Crippen molar-refractivity contribution in [3.05, 3.63) is 29.6 Å². The van der Waals surface area contributed by atoms with E-state index < -0.39 is 0 Å². The van der Waals surface area contributed by atoms with E-state index in [9.17, 15) is 4.39 Å². The van der Waals surface area contributed by atoms with Crippen LogP contribution in [0.3, 0.4) is 0 Å². The molecule has 0 amide bonds. The molecule has 1 heterocycles. The molecule has 1 saturated heterocycles. The Morgan fingerprint density at radius 2 is 2.05 bits per heavy atom. The van der Waals surface area contributed by atoms with Gasteiger partial charge < -0.3 is 10.6 Å². The summed E-state index contributed by atoms with van der Waals surface area (Å²) < 4.78 is 14.3. The number of halogens is 1. The number of nitrogens with zero attached hydrogens (tertiary/aromatic N) is 2. The average Bonchev–Trinajstić information content (AvgIpc) is 2.32. The Balaban J connectivity index is 2.32. The van der Waals surface area contributed by atoms with Gasteiger partial charge in [0.05, 0.1) is 5.69 Å². The van der Waals surface area contributed by atoms with Crippen molar-refractivity contribution < 1.29 is 4.39 Å². The molecule has 2 rings (SSSR count). The summed E-state index contributed by atoms with van der Waals surface area (Å²) >= 11 is 0. The maximum atomic E-state index is 14.3. The van der Waals surface area contributed by atoms with Crippen molar-refractivity contribution in [3.63, 3.8) is 0 Å². The van der Waals surface area contributed by atoms with Crippen LogP contribution >= 0.6 is 0 Å². The summed E-state index contributed by atoms with van der Waals surface area (Å²) in [5.74, 6) is -0.136. The van der Waals surface area contributed by atoms with E-state index in [1.54, 1.807) is 12.1 Å². The molecule has 0 bridgehead atoms. The minimum absolute atomic E-state index is 0.0380. The van der Waals surface area contributed by atoms with Gasteiger partial charge in [0, 0.05) is 31.2 Å². The number of benzene rings is 1. The second-order valence-corrected chi connectivity index (χ2v) is 6.58. The van der Waals surface area contributed by atoms with E-state index in [4.69, 9.17) is 5.73 Å². The maximum absolute atomic E-state index is 14.3. The lowest BCUT2D eigenvalue weighted by atomic mass is 9.97. The molecule has 1 aromatic carbocycles. The highest BCUT2D eigenvalue weighted by molar-refractivity contribution is 5.56. The summed E-state index contributed by atoms with van der Waals surface area (Å²) in [4.78, 5) is 4.50. The number of nitrogens with two attached hydrogens (primary N) is 1. The van der Waals surface area contributed by atoms with Crippen molar-refractivity contribution in [3.8, 4) is 0 Å². The third-order valence-electron chi connectivity index (χ3n) is 4.24. The van der Waals surface area contributed by atoms with Gasteiger partial charge in [-0.05, 0) is 45.9 Å². The molecule has 0 aliphatic carbocycles. The molecule has 0 radical (unpaired) electrons. The third-order valence-corrected chi connectivity index (χ3v) is 4.24. The highest BCUT2D eigenvalue weighted by Crippen LogP contribution is 2.30. The molecule has 2 N–H and O–H groups in total. The molecule has 4 heteroatoms. The Morgan fingerprint density at radius 1 is 1.35 bits per heavy atom. The topological polar surface area (TPSA) is 32.5 Å². The molecule has 1 fully saturated rings. The van der Waals surface area contributed by atoms with Gasteiger partial charge in [0.1, 0.15) is 5.82 Å². The highest BCUT2D eigenvalue weighted by atomic mass is 19.1. The first kappa shape index (κ1) is 15.3. The summed E-state index contributed by atoms with van der Waals surface area (Å²) in [5, 5.41) is 0. The first-order valence-electron chi connectivity index (χ1n) is 7.30. The van der Waals surface area contributed by atoms with Crippen LogP contribution in [0.5, 0.6) is 0 Å². The second kappa shape index (κ2) is 5.70. The molecule has 0 aromatic heterocycles. The molecular formula is C16H26FN3. The van der Waals surface area contributed by atoms with Gasteiger partial charge in [0.25, 0.3) is 0 Å². The largest absolute Gasteiger partial charge is 0.366 e. The maximum Gasteiger partial charge on any atom is 0.146 e. The van der Waals surface area contributed by atoms with Crippen molar-refractivity contribution in [2.24, 2.45) is 5.73 Å². The SMILES string of the molecule is CC(N)Cc1cccc(F)c1N1CCN(C)C(C)(C)C1. The molecule has 112 valence electrons. The van der Waals surface area contributed by atoms with E-state index in [1.165, 1.54) is 0 Å². The summed E-state index contributed by atoms with van der Waals surface area (Å²) in [6, 6.07) is 5.35. The number of hydrogen-bond acceptors (Lipinski definition) is 3. The Labute approximate surface area is 121 Å². The van der Waals surface area contributed by atoms with Gasteiger partial charge in [-0.2, -0.15) is 0 Å². The number of para-hydroxylation sites is 1. The van der Waals surface area contributed by atoms with Crippen LogP contribution in [0.2, 0.25) is 0 Å². The fraction of sp³-hybridized carbons (Fsp3) is 0.625. The molecule has 0 saturated carbocycles. The van der Waals surface area contributed by atoms with E-state index in [1.807, 2.05) is 13.0 Å². The van der Waals surface area contributed by atoms with Crippen LogP contribution in [0, 0.1) is 5.82 Å². The van der Waals surface area contributed by atoms with E-state index in [-0.39, 0.29) is 17.4 Å². The molecule has 20 heavy (non-hydrogen) atoms. The van der Waals surface area contributed by atoms with Gasteiger partial charge in [-0.25, -0.2) is 4.39 Å². The highest BCUT2D eigenvalue weighted by Gasteiger charge is 2.32. The van der Waals surface area contributed by atoms with Crippen LogP contribution in [0.25, 0.3) is 0 Å². The van der Waals surface area contributed by atoms with Crippen molar-refractivity contribution in [1.82, 2.24) is 4.90 Å². The van der Waals surface area contributed by atoms with Crippen molar-refractivity contribution in [2.45, 2.75) is 38.8 Å². The number of likely N-dealkylation sites (N-methyl/N-ethyl adjacent to an activating group) is 1. The first-order valence-corrected chi connectivity index (χ1v) is 7.30. The minimum atomic E-state index is -0.136. The number of piperazine rings is 1. The number of rotatable bonds is 3. The van der Waals surface area contributed by atoms with E-state index >= 15 is 0 Å². The third kappa shape index (κ3) is 3.13. The Hall–Kier alpha value is -1.13. The molecule has 3 nitrogen and oxygen atoms in total. The zero-order valence-corrected chi connectivity index (χ0v) is 13.0. The Kier molecular flexibility index (Phi) is 4.35. The van der Waals surface area contributed by atoms with Crippen LogP contribution in [0.4, 0.5) is 10.1 Å². The van der Waals surface area contributed by atoms with E-state index in [0.29, 0.717) is 6.42 Å². The standard InChI is InChI=1S/C16H26FN3/c1-12(18)10-13-6-5-7-14(17)15(13)20-9-8-19(4)16(2,3)11-20/h5-7,12H,8-11,18H2,1-4H3. The Bertz CT molecular complexity index is 471. The quantitative estimate of drug-likeness (QED) is 0.921. The molecule has 1 aliphatic rings. The Morgan fingerprint density at radius 3 is 2.65 bits per heavy atom. The summed E-state index contributed by atoms with van der Waals surface area (Å²) in [6.07, 6.45) is 0.708. The molecule has 1 unspecified atom stereocenters. The van der Waals surface area contributed by atoms with Gasteiger partial charge in [-0.3, -0.25) is 4.90 Å². The minimum Gasteiger partial charge on any atom is -0.366 e. The van der Waals surface area contributed by atoms with Crippen molar-refractivity contribution in [2.75, 3.05) is 31.6 Å². The van der Waals surface area contributed by atoms with Crippen LogP contribution in [0.1, 0.15) is 26.3 Å². The predicted octanol–water partition coefficient (Wildman–Crippen LogP) is 2.25. The molecule has 1 aliphatic heterocycles. The van der Waals surface area contributed by atoms with Crippen LogP contribution < -0.4 is 10.6 Å². The first-order chi connectivity index (χ1) is 9.31. The molecule has 0 spiro atoms. The summed E-state index contributed by atoms with van der Waals surface area (Å²) in [7, 11) is 2.13. The van der Waals surface area contributed by atoms with Crippen molar-refractivity contribution >= 4 is 5.69 Å². The zero-order chi connectivity index (χ0) is 14.9. The molecule has 1 atom stereocenters. The van der Waals surface area contributed by atoms with Crippen LogP contribution in [-0.4, -0.2) is 43.2 Å². The fourth-order valence-corrected chi connectivity index (χ4v) is 2.86. The second-order valence-electron chi connectivity index (χ2n) is 6.58. The van der Waals surface area contributed by atoms with E-state index in [2.05, 4.69) is 30.7 Å². The van der Waals surface area contributed by atoms with Gasteiger partial charge in [-0.1, -0.05) is 12.1 Å². The fourth-order valence-electron chi connectivity index (χ4n) is 2.86. The molecular weight excluding hydrogens is 253 g/mol. The lowest BCUT2D eigenvalue weighted by Crippen LogP contribution is -2.58. The summed E-state index contributed by atoms with van der Waals surface area (Å²) in [5.41, 5.74) is 7.70. The van der Waals surface area contributed by atoms with Crippen molar-refractivity contribution in [1.29, 1.82) is 0 Å². The number of hydrogen-bond donors (Lipinski definition) is 1. The monoisotopic (exact) mass is 279 g/mol. The van der Waals surface area contributed by atoms with Gasteiger partial charge in [0.15, 0.2) is 0 Å². The smallest absolute Gasteiger partial charge is 0.146 e. The van der Waals surface area contributed by atoms with Gasteiger partial charge >= 0.3 is 0 Å². The predicted molar refractivity (Wildman–Crippen MR) is 82.7 cm³/mol.